The van der Waals surface area contributed by atoms with E-state index in [0.717, 1.165) is 41.8 Å². The normalized spacial score (nSPS) is 38.4. The molecule has 1 saturated carbocycles. The first kappa shape index (κ1) is 17.1. The van der Waals surface area contributed by atoms with Crippen molar-refractivity contribution in [2.45, 2.75) is 75.6 Å². The Morgan fingerprint density at radius 1 is 1.23 bits per heavy atom. The van der Waals surface area contributed by atoms with Crippen molar-refractivity contribution in [1.29, 1.82) is 0 Å². The van der Waals surface area contributed by atoms with Crippen LogP contribution in [0.25, 0.3) is 0 Å². The topological polar surface area (TPSA) is 45.7 Å². The van der Waals surface area contributed by atoms with Crippen LogP contribution in [0.15, 0.2) is 16.7 Å². The molecule has 6 heteroatoms. The van der Waals surface area contributed by atoms with E-state index >= 15 is 0 Å². The van der Waals surface area contributed by atoms with E-state index in [9.17, 15) is 4.79 Å². The predicted octanol–water partition coefficient (Wildman–Crippen LogP) is 3.25. The fraction of sp³-hybridized carbons (Fsp3) is 0.700. The molecule has 5 aliphatic rings. The summed E-state index contributed by atoms with van der Waals surface area (Å²) in [6.45, 7) is 8.29. The summed E-state index contributed by atoms with van der Waals surface area (Å²) in [5, 5.41) is 0. The third kappa shape index (κ3) is 2.28. The van der Waals surface area contributed by atoms with Crippen molar-refractivity contribution in [3.63, 3.8) is 0 Å². The predicted molar refractivity (Wildman–Crippen MR) is 103 cm³/mol. The highest BCUT2D eigenvalue weighted by Gasteiger charge is 2.56. The van der Waals surface area contributed by atoms with Gasteiger partial charge in [0.2, 0.25) is 5.91 Å². The largest absolute Gasteiger partial charge is 0.375 e. The fourth-order valence-corrected chi connectivity index (χ4v) is 5.87. The highest BCUT2D eigenvalue weighted by molar-refractivity contribution is 9.10. The van der Waals surface area contributed by atoms with Crippen LogP contribution in [0, 0.1) is 0 Å². The zero-order valence-corrected chi connectivity index (χ0v) is 17.3. The Hall–Kier alpha value is -0.980. The molecule has 5 nitrogen and oxygen atoms in total. The molecule has 0 spiro atoms. The number of nitrogens with zero attached hydrogens (tertiary/aromatic N) is 3. The second-order valence-corrected chi connectivity index (χ2v) is 10.1. The van der Waals surface area contributed by atoms with Gasteiger partial charge in [-0.25, -0.2) is 0 Å². The molecular weight excluding hydrogens is 394 g/mol. The fourth-order valence-electron chi connectivity index (χ4n) is 5.55. The number of morpholine rings is 1. The van der Waals surface area contributed by atoms with Gasteiger partial charge in [0.05, 0.1) is 29.5 Å². The van der Waals surface area contributed by atoms with Crippen molar-refractivity contribution in [3.05, 3.63) is 22.4 Å². The lowest BCUT2D eigenvalue weighted by molar-refractivity contribution is -0.159. The molecule has 1 aromatic rings. The minimum atomic E-state index is -0.542. The molecule has 140 valence electrons. The van der Waals surface area contributed by atoms with Crippen LogP contribution in [0.5, 0.6) is 0 Å². The van der Waals surface area contributed by atoms with Crippen LogP contribution in [-0.2, 0) is 14.9 Å². The Morgan fingerprint density at radius 3 is 2.62 bits per heavy atom. The van der Waals surface area contributed by atoms with E-state index in [4.69, 9.17) is 4.74 Å². The van der Waals surface area contributed by atoms with Gasteiger partial charge in [0.1, 0.15) is 0 Å². The maximum Gasteiger partial charge on any atom is 0.239 e. The molecule has 4 aliphatic heterocycles. The number of halogens is 1. The van der Waals surface area contributed by atoms with Crippen LogP contribution in [0.2, 0.25) is 0 Å². The number of amides is 1. The quantitative estimate of drug-likeness (QED) is 0.737. The van der Waals surface area contributed by atoms with Gasteiger partial charge < -0.3 is 9.64 Å². The average molecular weight is 420 g/mol. The number of pyridine rings is 1. The molecule has 6 rings (SSSR count). The van der Waals surface area contributed by atoms with E-state index < -0.39 is 5.41 Å². The monoisotopic (exact) mass is 419 g/mol. The molecule has 2 bridgehead atoms. The molecule has 5 heterocycles. The third-order valence-corrected chi connectivity index (χ3v) is 7.47. The summed E-state index contributed by atoms with van der Waals surface area (Å²) in [5.41, 5.74) is 1.54. The van der Waals surface area contributed by atoms with E-state index in [0.29, 0.717) is 12.1 Å². The molecule has 0 N–H and O–H groups in total. The molecule has 2 atom stereocenters. The van der Waals surface area contributed by atoms with Gasteiger partial charge >= 0.3 is 0 Å². The first-order valence-corrected chi connectivity index (χ1v) is 10.5. The van der Waals surface area contributed by atoms with Gasteiger partial charge in [0.25, 0.3) is 0 Å². The first-order chi connectivity index (χ1) is 12.3. The average Bonchev–Trinajstić information content (AvgIpc) is 2.79. The number of anilines is 1. The first-order valence-electron chi connectivity index (χ1n) is 9.68. The molecule has 1 aromatic heterocycles. The van der Waals surface area contributed by atoms with Gasteiger partial charge in [0, 0.05) is 34.8 Å². The van der Waals surface area contributed by atoms with Crippen LogP contribution < -0.4 is 4.90 Å². The Labute approximate surface area is 163 Å². The highest BCUT2D eigenvalue weighted by Crippen LogP contribution is 2.50. The van der Waals surface area contributed by atoms with Gasteiger partial charge in [-0.1, -0.05) is 0 Å². The third-order valence-electron chi connectivity index (χ3n) is 7.04. The molecule has 1 amide bonds. The lowest BCUT2D eigenvalue weighted by Gasteiger charge is -2.60. The molecule has 0 radical (unpaired) electrons. The summed E-state index contributed by atoms with van der Waals surface area (Å²) in [6.07, 6.45) is 6.72. The molecule has 4 fully saturated rings. The summed E-state index contributed by atoms with van der Waals surface area (Å²) in [7, 11) is 0. The van der Waals surface area contributed by atoms with Gasteiger partial charge in [-0.15, -0.1) is 0 Å². The summed E-state index contributed by atoms with van der Waals surface area (Å²) in [5.74, 6) is 0.189. The van der Waals surface area contributed by atoms with E-state index in [1.54, 1.807) is 6.20 Å². The van der Waals surface area contributed by atoms with Crippen molar-refractivity contribution in [3.8, 4) is 0 Å². The van der Waals surface area contributed by atoms with Gasteiger partial charge in [-0.05, 0) is 68.5 Å². The van der Waals surface area contributed by atoms with E-state index in [-0.39, 0.29) is 17.5 Å². The Kier molecular flexibility index (Phi) is 3.64. The second kappa shape index (κ2) is 5.52. The number of piperidine rings is 1. The summed E-state index contributed by atoms with van der Waals surface area (Å²) in [4.78, 5) is 22.5. The lowest BCUT2D eigenvalue weighted by Crippen LogP contribution is -2.69. The van der Waals surface area contributed by atoms with Crippen molar-refractivity contribution in [2.75, 3.05) is 18.1 Å². The second-order valence-electron chi connectivity index (χ2n) is 9.22. The van der Waals surface area contributed by atoms with Crippen LogP contribution in [0.1, 0.15) is 52.1 Å². The van der Waals surface area contributed by atoms with Crippen molar-refractivity contribution in [1.82, 2.24) is 9.88 Å². The Morgan fingerprint density at radius 2 is 2.00 bits per heavy atom. The van der Waals surface area contributed by atoms with Gasteiger partial charge in [-0.3, -0.25) is 14.7 Å². The number of carbonyl (C=O) groups is 1. The minimum absolute atomic E-state index is 0.185. The molecular formula is C20H26BrN3O2. The van der Waals surface area contributed by atoms with E-state index in [1.165, 1.54) is 12.8 Å². The number of fused-ring (bicyclic) bond motifs is 4. The molecule has 3 saturated heterocycles. The minimum Gasteiger partial charge on any atom is -0.375 e. The van der Waals surface area contributed by atoms with Crippen LogP contribution in [-0.4, -0.2) is 52.7 Å². The van der Waals surface area contributed by atoms with Crippen LogP contribution in [0.3, 0.4) is 0 Å². The number of carbonyl (C=O) groups excluding carboxylic acids is 1. The summed E-state index contributed by atoms with van der Waals surface area (Å²) in [6, 6.07) is 2.88. The number of ether oxygens (including phenoxy) is 1. The van der Waals surface area contributed by atoms with E-state index in [1.807, 2.05) is 18.7 Å². The highest BCUT2D eigenvalue weighted by atomic mass is 79.9. The van der Waals surface area contributed by atoms with Gasteiger partial charge in [0.15, 0.2) is 0 Å². The molecule has 26 heavy (non-hydrogen) atoms. The van der Waals surface area contributed by atoms with E-state index in [2.05, 4.69) is 38.8 Å². The number of hydrogen-bond donors (Lipinski definition) is 0. The summed E-state index contributed by atoms with van der Waals surface area (Å²) >= 11 is 3.52. The van der Waals surface area contributed by atoms with Crippen molar-refractivity contribution >= 4 is 27.5 Å². The lowest BCUT2D eigenvalue weighted by atomic mass is 9.70. The van der Waals surface area contributed by atoms with Crippen molar-refractivity contribution in [2.24, 2.45) is 0 Å². The zero-order chi connectivity index (χ0) is 18.3. The number of rotatable bonds is 2. The summed E-state index contributed by atoms with van der Waals surface area (Å²) < 4.78 is 6.81. The molecule has 2 unspecified atom stereocenters. The number of aromatic nitrogens is 1. The maximum atomic E-state index is 13.2. The van der Waals surface area contributed by atoms with Gasteiger partial charge in [-0.2, -0.15) is 0 Å². The van der Waals surface area contributed by atoms with Crippen LogP contribution >= 0.6 is 15.9 Å². The SMILES string of the molecule is CC1(C)C(=O)N(C2CC(C)(N3CC4CCC3CO4)C2)c2cc(Br)cnc21. The smallest absolute Gasteiger partial charge is 0.239 e. The standard InChI is InChI=1S/C20H26BrN3O2/c1-19(2)17-16(6-12(21)9-22-17)24(18(19)25)14-7-20(3,8-14)23-10-15-5-4-13(23)11-26-15/h6,9,13-15H,4-5,7-8,10-11H2,1-3H3. The molecule has 1 aliphatic carbocycles. The van der Waals surface area contributed by atoms with Crippen LogP contribution in [0.4, 0.5) is 5.69 Å². The Balaban J connectivity index is 1.40. The number of hydrogen-bond acceptors (Lipinski definition) is 4. The zero-order valence-electron chi connectivity index (χ0n) is 15.7. The Bertz CT molecular complexity index is 766. The molecule has 0 aromatic carbocycles. The maximum absolute atomic E-state index is 13.2. The van der Waals surface area contributed by atoms with Crippen molar-refractivity contribution < 1.29 is 9.53 Å².